The van der Waals surface area contributed by atoms with Gasteiger partial charge in [-0.3, -0.25) is 9.59 Å². The Bertz CT molecular complexity index is 828. The van der Waals surface area contributed by atoms with Crippen molar-refractivity contribution in [1.29, 1.82) is 0 Å². The zero-order chi connectivity index (χ0) is 25.5. The summed E-state index contributed by atoms with van der Waals surface area (Å²) in [6.07, 6.45) is 17.8. The molecule has 1 saturated carbocycles. The number of hydrogen-bond acceptors (Lipinski definition) is 4. The second-order valence-corrected chi connectivity index (χ2v) is 9.81. The molecule has 5 heteroatoms. The number of ether oxygens (including phenoxy) is 1. The van der Waals surface area contributed by atoms with E-state index in [4.69, 9.17) is 9.84 Å². The van der Waals surface area contributed by atoms with Gasteiger partial charge in [-0.1, -0.05) is 81.2 Å². The third kappa shape index (κ3) is 11.3. The lowest BCUT2D eigenvalue weighted by Gasteiger charge is -2.35. The average Bonchev–Trinajstić information content (AvgIpc) is 2.82. The molecule has 0 aliphatic heterocycles. The summed E-state index contributed by atoms with van der Waals surface area (Å²) in [4.78, 5) is 22.6. The Kier molecular flexibility index (Phi) is 13.4. The van der Waals surface area contributed by atoms with Crippen LogP contribution >= 0.6 is 0 Å². The van der Waals surface area contributed by atoms with Gasteiger partial charge in [0.1, 0.15) is 6.10 Å². The molecule has 0 aromatic heterocycles. The van der Waals surface area contributed by atoms with E-state index in [1.165, 1.54) is 37.3 Å². The summed E-state index contributed by atoms with van der Waals surface area (Å²) in [5, 5.41) is 19.6. The van der Waals surface area contributed by atoms with Gasteiger partial charge < -0.3 is 14.9 Å². The lowest BCUT2D eigenvalue weighted by atomic mass is 9.75. The standard InChI is InChI=1S/C30H44O5/c1-3-4-5-13-24-14-6-7-17-26(24)22-27(32)18-10-8-15-25-16-9-11-19-28(25)29(35-23(2)31)20-12-21-30(33)34/h6-8,10,14-15,17-18,25,27-29,32H,3-5,9,11-13,16,19-22H2,1-2H3,(H,33,34)/b15-8+,18-10+. The number of aryl methyl sites for hydroxylation is 1. The number of aliphatic carboxylic acids is 1. The normalized spacial score (nSPS) is 20.2. The molecule has 0 bridgehead atoms. The number of aliphatic hydroxyl groups excluding tert-OH is 1. The van der Waals surface area contributed by atoms with Crippen molar-refractivity contribution in [2.45, 2.75) is 103 Å². The van der Waals surface area contributed by atoms with E-state index in [0.29, 0.717) is 19.3 Å². The number of carboxylic acid groups (broad SMARTS) is 1. The number of hydrogen-bond donors (Lipinski definition) is 2. The molecule has 2 N–H and O–H groups in total. The summed E-state index contributed by atoms with van der Waals surface area (Å²) in [6.45, 7) is 3.63. The van der Waals surface area contributed by atoms with Gasteiger partial charge in [-0.25, -0.2) is 0 Å². The molecule has 1 aliphatic carbocycles. The quantitative estimate of drug-likeness (QED) is 0.170. The first-order chi connectivity index (χ1) is 16.9. The van der Waals surface area contributed by atoms with E-state index >= 15 is 0 Å². The highest BCUT2D eigenvalue weighted by Gasteiger charge is 2.32. The molecule has 1 aromatic rings. The van der Waals surface area contributed by atoms with Gasteiger partial charge in [0, 0.05) is 25.7 Å². The molecule has 1 aromatic carbocycles. The van der Waals surface area contributed by atoms with Crippen LogP contribution in [0.1, 0.15) is 89.2 Å². The highest BCUT2D eigenvalue weighted by atomic mass is 16.5. The SMILES string of the molecule is CCCCCc1ccccc1CC(O)/C=C/C=C/C1CCCCC1C(CCCC(=O)O)OC(C)=O. The lowest BCUT2D eigenvalue weighted by molar-refractivity contribution is -0.151. The highest BCUT2D eigenvalue weighted by Crippen LogP contribution is 2.36. The van der Waals surface area contributed by atoms with E-state index in [1.807, 2.05) is 24.3 Å². The fraction of sp³-hybridized carbons (Fsp3) is 0.600. The van der Waals surface area contributed by atoms with E-state index in [0.717, 1.165) is 32.1 Å². The molecule has 1 fully saturated rings. The molecule has 0 amide bonds. The Morgan fingerprint density at radius 1 is 1.09 bits per heavy atom. The van der Waals surface area contributed by atoms with Crippen molar-refractivity contribution in [2.75, 3.05) is 0 Å². The minimum Gasteiger partial charge on any atom is -0.481 e. The van der Waals surface area contributed by atoms with E-state index in [9.17, 15) is 14.7 Å². The van der Waals surface area contributed by atoms with E-state index in [1.54, 1.807) is 0 Å². The van der Waals surface area contributed by atoms with Crippen LogP contribution in [0.25, 0.3) is 0 Å². The Labute approximate surface area is 211 Å². The monoisotopic (exact) mass is 484 g/mol. The number of carboxylic acids is 1. The number of allylic oxidation sites excluding steroid dienone is 3. The minimum absolute atomic E-state index is 0.0906. The summed E-state index contributed by atoms with van der Waals surface area (Å²) in [5.74, 6) is -0.652. The Morgan fingerprint density at radius 3 is 2.54 bits per heavy atom. The van der Waals surface area contributed by atoms with Gasteiger partial charge in [-0.2, -0.15) is 0 Å². The van der Waals surface area contributed by atoms with Gasteiger partial charge in [-0.05, 0) is 55.6 Å². The molecule has 5 nitrogen and oxygen atoms in total. The highest BCUT2D eigenvalue weighted by molar-refractivity contribution is 5.67. The van der Waals surface area contributed by atoms with Crippen LogP contribution in [0.4, 0.5) is 0 Å². The number of rotatable bonds is 15. The van der Waals surface area contributed by atoms with Crippen LogP contribution in [0.2, 0.25) is 0 Å². The number of aliphatic hydroxyl groups is 1. The van der Waals surface area contributed by atoms with Crippen molar-refractivity contribution in [1.82, 2.24) is 0 Å². The van der Waals surface area contributed by atoms with Gasteiger partial charge >= 0.3 is 11.9 Å². The maximum Gasteiger partial charge on any atom is 0.303 e. The first-order valence-corrected chi connectivity index (χ1v) is 13.4. The maximum absolute atomic E-state index is 11.7. The molecule has 4 atom stereocenters. The topological polar surface area (TPSA) is 83.8 Å². The number of esters is 1. The van der Waals surface area contributed by atoms with Crippen LogP contribution in [-0.4, -0.2) is 34.4 Å². The molecule has 0 heterocycles. The molecule has 2 rings (SSSR count). The smallest absolute Gasteiger partial charge is 0.303 e. The van der Waals surface area contributed by atoms with Crippen LogP contribution < -0.4 is 0 Å². The van der Waals surface area contributed by atoms with Crippen molar-refractivity contribution < 1.29 is 24.5 Å². The Hall–Kier alpha value is -2.40. The number of carbonyl (C=O) groups is 2. The third-order valence-electron chi connectivity index (χ3n) is 6.95. The zero-order valence-electron chi connectivity index (χ0n) is 21.5. The second-order valence-electron chi connectivity index (χ2n) is 9.81. The van der Waals surface area contributed by atoms with Crippen LogP contribution in [0.3, 0.4) is 0 Å². The van der Waals surface area contributed by atoms with Crippen molar-refractivity contribution in [3.05, 3.63) is 59.7 Å². The summed E-state index contributed by atoms with van der Waals surface area (Å²) >= 11 is 0. The fourth-order valence-electron chi connectivity index (χ4n) is 5.18. The molecule has 0 radical (unpaired) electrons. The number of benzene rings is 1. The number of unbranched alkanes of at least 4 members (excludes halogenated alkanes) is 2. The van der Waals surface area contributed by atoms with Crippen molar-refractivity contribution in [2.24, 2.45) is 11.8 Å². The van der Waals surface area contributed by atoms with Crippen LogP contribution in [0, 0.1) is 11.8 Å². The van der Waals surface area contributed by atoms with E-state index in [-0.39, 0.29) is 30.3 Å². The van der Waals surface area contributed by atoms with E-state index < -0.39 is 12.1 Å². The zero-order valence-corrected chi connectivity index (χ0v) is 21.5. The lowest BCUT2D eigenvalue weighted by Crippen LogP contribution is -2.33. The average molecular weight is 485 g/mol. The van der Waals surface area contributed by atoms with Crippen molar-refractivity contribution in [3.8, 4) is 0 Å². The minimum atomic E-state index is -0.820. The number of carbonyl (C=O) groups excluding carboxylic acids is 1. The van der Waals surface area contributed by atoms with E-state index in [2.05, 4.69) is 31.2 Å². The van der Waals surface area contributed by atoms with Gasteiger partial charge in [0.2, 0.25) is 0 Å². The van der Waals surface area contributed by atoms with Gasteiger partial charge in [0.15, 0.2) is 0 Å². The van der Waals surface area contributed by atoms with Crippen LogP contribution in [0.5, 0.6) is 0 Å². The van der Waals surface area contributed by atoms with Crippen molar-refractivity contribution >= 4 is 11.9 Å². The van der Waals surface area contributed by atoms with Crippen LogP contribution in [0.15, 0.2) is 48.6 Å². The molecule has 1 aliphatic rings. The van der Waals surface area contributed by atoms with Gasteiger partial charge in [0.25, 0.3) is 0 Å². The molecule has 0 spiro atoms. The van der Waals surface area contributed by atoms with Gasteiger partial charge in [0.05, 0.1) is 6.10 Å². The largest absolute Gasteiger partial charge is 0.481 e. The first-order valence-electron chi connectivity index (χ1n) is 13.4. The summed E-state index contributed by atoms with van der Waals surface area (Å²) in [7, 11) is 0. The molecular weight excluding hydrogens is 440 g/mol. The molecule has 194 valence electrons. The molecular formula is C30H44O5. The third-order valence-corrected chi connectivity index (χ3v) is 6.95. The summed E-state index contributed by atoms with van der Waals surface area (Å²) in [5.41, 5.74) is 2.54. The molecule has 35 heavy (non-hydrogen) atoms. The summed E-state index contributed by atoms with van der Waals surface area (Å²) in [6, 6.07) is 8.39. The van der Waals surface area contributed by atoms with Gasteiger partial charge in [-0.15, -0.1) is 0 Å². The predicted molar refractivity (Wildman–Crippen MR) is 140 cm³/mol. The van der Waals surface area contributed by atoms with Crippen LogP contribution in [-0.2, 0) is 27.2 Å². The maximum atomic E-state index is 11.7. The molecule has 4 unspecified atom stereocenters. The van der Waals surface area contributed by atoms with Crippen molar-refractivity contribution in [3.63, 3.8) is 0 Å². The molecule has 0 saturated heterocycles. The Morgan fingerprint density at radius 2 is 1.83 bits per heavy atom. The summed E-state index contributed by atoms with van der Waals surface area (Å²) < 4.78 is 5.64. The second kappa shape index (κ2) is 16.3. The fourth-order valence-corrected chi connectivity index (χ4v) is 5.18. The Balaban J connectivity index is 1.96. The predicted octanol–water partition coefficient (Wildman–Crippen LogP) is 6.43. The first kappa shape index (κ1) is 28.8.